The van der Waals surface area contributed by atoms with E-state index in [1.807, 2.05) is 16.8 Å². The Balaban J connectivity index is 1.56. The van der Waals surface area contributed by atoms with Gasteiger partial charge in [0.15, 0.2) is 0 Å². The molecule has 1 fully saturated rings. The standard InChI is InChI=1S/C24H33N3O2S/c1-4-5-8-18-10-12-19(13-11-18)24(28)25-23-20-14-30(29)15-21(20)26-27(23)22-9-6-7-16(2)17(22)3/h6-7,9,18-19H,4-5,8,10-15H2,1-3H3,(H,25,28)/t18?,19?,30-/m1/s1. The lowest BCUT2D eigenvalue weighted by atomic mass is 9.79. The molecule has 0 bridgehead atoms. The van der Waals surface area contributed by atoms with Crippen LogP contribution in [0.15, 0.2) is 18.2 Å². The van der Waals surface area contributed by atoms with Gasteiger partial charge in [-0.2, -0.15) is 5.10 Å². The second kappa shape index (κ2) is 9.04. The minimum Gasteiger partial charge on any atom is -0.310 e. The molecule has 2 heterocycles. The van der Waals surface area contributed by atoms with Gasteiger partial charge in [0.05, 0.1) is 22.9 Å². The van der Waals surface area contributed by atoms with Crippen LogP contribution < -0.4 is 5.32 Å². The van der Waals surface area contributed by atoms with Crippen molar-refractivity contribution in [2.75, 3.05) is 5.32 Å². The molecule has 1 saturated carbocycles. The highest BCUT2D eigenvalue weighted by atomic mass is 32.2. The fourth-order valence-corrected chi connectivity index (χ4v) is 6.08. The Morgan fingerprint density at radius 3 is 2.70 bits per heavy atom. The summed E-state index contributed by atoms with van der Waals surface area (Å²) in [7, 11) is -0.928. The van der Waals surface area contributed by atoms with Crippen molar-refractivity contribution in [3.63, 3.8) is 0 Å². The van der Waals surface area contributed by atoms with Crippen LogP contribution in [-0.4, -0.2) is 19.9 Å². The van der Waals surface area contributed by atoms with E-state index in [0.717, 1.165) is 59.9 Å². The summed E-state index contributed by atoms with van der Waals surface area (Å²) in [5, 5.41) is 7.98. The van der Waals surface area contributed by atoms with Gasteiger partial charge in [-0.1, -0.05) is 38.3 Å². The SMILES string of the molecule is CCCCC1CCC(C(=O)Nc2c3c(nn2-c2cccc(C)c2C)C[S@](=O)C3)CC1. The van der Waals surface area contributed by atoms with Crippen LogP contribution in [0.4, 0.5) is 5.82 Å². The highest BCUT2D eigenvalue weighted by Gasteiger charge is 2.31. The number of nitrogens with zero attached hydrogens (tertiary/aromatic N) is 2. The van der Waals surface area contributed by atoms with Crippen molar-refractivity contribution in [3.8, 4) is 5.69 Å². The van der Waals surface area contributed by atoms with Gasteiger partial charge in [-0.15, -0.1) is 0 Å². The van der Waals surface area contributed by atoms with Crippen LogP contribution >= 0.6 is 0 Å². The number of carbonyl (C=O) groups is 1. The molecular weight excluding hydrogens is 394 g/mol. The maximum absolute atomic E-state index is 13.2. The number of amides is 1. The molecule has 0 unspecified atom stereocenters. The largest absolute Gasteiger partial charge is 0.310 e. The van der Waals surface area contributed by atoms with Crippen LogP contribution in [0.3, 0.4) is 0 Å². The number of benzene rings is 1. The Labute approximate surface area is 182 Å². The van der Waals surface area contributed by atoms with E-state index in [9.17, 15) is 9.00 Å². The number of hydrogen-bond donors (Lipinski definition) is 1. The van der Waals surface area contributed by atoms with Crippen LogP contribution in [0.25, 0.3) is 5.69 Å². The predicted octanol–water partition coefficient (Wildman–Crippen LogP) is 5.19. The molecule has 30 heavy (non-hydrogen) atoms. The molecule has 1 aliphatic carbocycles. The quantitative estimate of drug-likeness (QED) is 0.690. The van der Waals surface area contributed by atoms with E-state index in [0.29, 0.717) is 11.5 Å². The Morgan fingerprint density at radius 1 is 1.20 bits per heavy atom. The molecule has 5 nitrogen and oxygen atoms in total. The summed E-state index contributed by atoms with van der Waals surface area (Å²) in [6.45, 7) is 6.41. The van der Waals surface area contributed by atoms with Crippen molar-refractivity contribution < 1.29 is 9.00 Å². The summed E-state index contributed by atoms with van der Waals surface area (Å²) < 4.78 is 14.0. The van der Waals surface area contributed by atoms with E-state index in [1.165, 1.54) is 24.8 Å². The smallest absolute Gasteiger partial charge is 0.228 e. The minimum absolute atomic E-state index is 0.0624. The average molecular weight is 428 g/mol. The topological polar surface area (TPSA) is 64.0 Å². The summed E-state index contributed by atoms with van der Waals surface area (Å²) in [6, 6.07) is 6.14. The van der Waals surface area contributed by atoms with Gasteiger partial charge in [0.1, 0.15) is 5.82 Å². The fraction of sp³-hybridized carbons (Fsp3) is 0.583. The highest BCUT2D eigenvalue weighted by molar-refractivity contribution is 7.83. The Kier molecular flexibility index (Phi) is 6.42. The number of carbonyl (C=O) groups excluding carboxylic acids is 1. The van der Waals surface area contributed by atoms with E-state index >= 15 is 0 Å². The number of hydrogen-bond acceptors (Lipinski definition) is 3. The second-order valence-electron chi connectivity index (χ2n) is 8.98. The number of anilines is 1. The first-order chi connectivity index (χ1) is 14.5. The third-order valence-electron chi connectivity index (χ3n) is 6.90. The van der Waals surface area contributed by atoms with Crippen LogP contribution in [0.1, 0.15) is 74.3 Å². The van der Waals surface area contributed by atoms with Crippen molar-refractivity contribution in [2.24, 2.45) is 11.8 Å². The molecule has 1 atom stereocenters. The Hall–Kier alpha value is -1.95. The summed E-state index contributed by atoms with van der Waals surface area (Å²) in [6.07, 6.45) is 8.06. The van der Waals surface area contributed by atoms with Gasteiger partial charge < -0.3 is 5.32 Å². The molecule has 2 aliphatic rings. The van der Waals surface area contributed by atoms with Crippen molar-refractivity contribution in [2.45, 2.75) is 77.2 Å². The van der Waals surface area contributed by atoms with Crippen molar-refractivity contribution in [1.29, 1.82) is 0 Å². The number of aryl methyl sites for hydroxylation is 1. The monoisotopic (exact) mass is 427 g/mol. The van der Waals surface area contributed by atoms with Crippen LogP contribution in [-0.2, 0) is 27.1 Å². The number of fused-ring (bicyclic) bond motifs is 1. The molecule has 1 aliphatic heterocycles. The van der Waals surface area contributed by atoms with E-state index in [-0.39, 0.29) is 11.8 Å². The van der Waals surface area contributed by atoms with Gasteiger partial charge >= 0.3 is 0 Å². The Bertz CT molecular complexity index is 958. The summed E-state index contributed by atoms with van der Waals surface area (Å²) in [5.41, 5.74) is 5.11. The molecule has 162 valence electrons. The number of nitrogens with one attached hydrogen (secondary N) is 1. The molecule has 2 aromatic rings. The highest BCUT2D eigenvalue weighted by Crippen LogP contribution is 2.35. The summed E-state index contributed by atoms with van der Waals surface area (Å²) >= 11 is 0. The number of unbranched alkanes of at least 4 members (excludes halogenated alkanes) is 1. The van der Waals surface area contributed by atoms with Gasteiger partial charge in [0.2, 0.25) is 5.91 Å². The van der Waals surface area contributed by atoms with Gasteiger partial charge in [-0.3, -0.25) is 9.00 Å². The molecule has 0 spiro atoms. The van der Waals surface area contributed by atoms with E-state index in [2.05, 4.69) is 32.2 Å². The molecule has 4 rings (SSSR count). The number of rotatable bonds is 6. The molecule has 6 heteroatoms. The minimum atomic E-state index is -0.928. The third-order valence-corrected chi connectivity index (χ3v) is 8.11. The van der Waals surface area contributed by atoms with E-state index in [1.54, 1.807) is 0 Å². The van der Waals surface area contributed by atoms with Crippen LogP contribution in [0, 0.1) is 25.7 Å². The lowest BCUT2D eigenvalue weighted by molar-refractivity contribution is -0.121. The van der Waals surface area contributed by atoms with E-state index in [4.69, 9.17) is 5.10 Å². The Morgan fingerprint density at radius 2 is 1.97 bits per heavy atom. The van der Waals surface area contributed by atoms with Gasteiger partial charge in [0.25, 0.3) is 0 Å². The lowest BCUT2D eigenvalue weighted by Crippen LogP contribution is -2.28. The first-order valence-corrected chi connectivity index (χ1v) is 12.8. The second-order valence-corrected chi connectivity index (χ2v) is 10.4. The normalized spacial score (nSPS) is 23.4. The average Bonchev–Trinajstić information content (AvgIpc) is 3.25. The molecule has 1 aromatic carbocycles. The van der Waals surface area contributed by atoms with Crippen molar-refractivity contribution in [3.05, 3.63) is 40.6 Å². The molecule has 1 N–H and O–H groups in total. The molecule has 0 saturated heterocycles. The molecule has 1 aromatic heterocycles. The molecule has 0 radical (unpaired) electrons. The maximum atomic E-state index is 13.2. The first kappa shape index (κ1) is 21.3. The zero-order valence-electron chi connectivity index (χ0n) is 18.4. The first-order valence-electron chi connectivity index (χ1n) is 11.3. The van der Waals surface area contributed by atoms with Crippen molar-refractivity contribution in [1.82, 2.24) is 9.78 Å². The fourth-order valence-electron chi connectivity index (χ4n) is 4.82. The van der Waals surface area contributed by atoms with Gasteiger partial charge in [0, 0.05) is 22.3 Å². The lowest BCUT2D eigenvalue weighted by Gasteiger charge is -2.28. The summed E-state index contributed by atoms with van der Waals surface area (Å²) in [4.78, 5) is 13.2. The molecule has 1 amide bonds. The van der Waals surface area contributed by atoms with Crippen molar-refractivity contribution >= 4 is 22.5 Å². The van der Waals surface area contributed by atoms with E-state index < -0.39 is 10.8 Å². The predicted molar refractivity (Wildman–Crippen MR) is 122 cm³/mol. The third kappa shape index (κ3) is 4.25. The van der Waals surface area contributed by atoms with Crippen LogP contribution in [0.2, 0.25) is 0 Å². The summed E-state index contributed by atoms with van der Waals surface area (Å²) in [5.74, 6) is 2.60. The van der Waals surface area contributed by atoms with Gasteiger partial charge in [-0.05, 0) is 62.6 Å². The van der Waals surface area contributed by atoms with Gasteiger partial charge in [-0.25, -0.2) is 4.68 Å². The number of aromatic nitrogens is 2. The van der Waals surface area contributed by atoms with Crippen LogP contribution in [0.5, 0.6) is 0 Å². The zero-order valence-corrected chi connectivity index (χ0v) is 19.2. The zero-order chi connectivity index (χ0) is 21.3. The molecular formula is C24H33N3O2S. The maximum Gasteiger partial charge on any atom is 0.228 e.